The highest BCUT2D eigenvalue weighted by atomic mass is 32.2. The molecule has 0 N–H and O–H groups in total. The Balaban J connectivity index is 2.37. The summed E-state index contributed by atoms with van der Waals surface area (Å²) >= 11 is 0. The Bertz CT molecular complexity index is 1120. The van der Waals surface area contributed by atoms with Crippen molar-refractivity contribution in [3.05, 3.63) is 64.5 Å². The summed E-state index contributed by atoms with van der Waals surface area (Å²) in [5.74, 6) is -0.565. The molecule has 1 amide bonds. The van der Waals surface area contributed by atoms with Gasteiger partial charge in [-0.05, 0) is 18.2 Å². The number of hydrogen-bond donors (Lipinski definition) is 0. The van der Waals surface area contributed by atoms with Crippen molar-refractivity contribution >= 4 is 32.7 Å². The lowest BCUT2D eigenvalue weighted by atomic mass is 10.3. The molecule has 2 aromatic heterocycles. The van der Waals surface area contributed by atoms with E-state index < -0.39 is 20.9 Å². The molecule has 0 aliphatic rings. The van der Waals surface area contributed by atoms with E-state index in [2.05, 4.69) is 4.98 Å². The van der Waals surface area contributed by atoms with E-state index >= 15 is 0 Å². The van der Waals surface area contributed by atoms with Crippen LogP contribution >= 0.6 is 0 Å². The predicted molar refractivity (Wildman–Crippen MR) is 93.4 cm³/mol. The largest absolute Gasteiger partial charge is 0.343 e. The first kappa shape index (κ1) is 17.5. The molecule has 9 nitrogen and oxygen atoms in total. The minimum atomic E-state index is -4.13. The quantitative estimate of drug-likeness (QED) is 0.509. The molecule has 10 heteroatoms. The number of nitrogens with zero attached hydrogens (tertiary/aromatic N) is 4. The number of nitro groups is 1. The Morgan fingerprint density at radius 1 is 1.19 bits per heavy atom. The van der Waals surface area contributed by atoms with Crippen molar-refractivity contribution in [1.82, 2.24) is 13.9 Å². The number of rotatable bonds is 4. The molecule has 3 aromatic rings. The summed E-state index contributed by atoms with van der Waals surface area (Å²) in [7, 11) is -1.16. The third-order valence-corrected chi connectivity index (χ3v) is 5.42. The maximum Gasteiger partial charge on any atom is 0.288 e. The number of hydrogen-bond acceptors (Lipinski definition) is 6. The van der Waals surface area contributed by atoms with Crippen molar-refractivity contribution in [3.63, 3.8) is 0 Å². The minimum absolute atomic E-state index is 0.0227. The van der Waals surface area contributed by atoms with Gasteiger partial charge in [-0.1, -0.05) is 18.2 Å². The number of benzene rings is 1. The van der Waals surface area contributed by atoms with Crippen LogP contribution in [0.4, 0.5) is 5.69 Å². The first-order valence-electron chi connectivity index (χ1n) is 7.41. The van der Waals surface area contributed by atoms with E-state index in [9.17, 15) is 23.3 Å². The fourth-order valence-electron chi connectivity index (χ4n) is 2.48. The zero-order valence-corrected chi connectivity index (χ0v) is 14.7. The molecule has 1 aromatic carbocycles. The van der Waals surface area contributed by atoms with Crippen LogP contribution in [0.25, 0.3) is 11.0 Å². The summed E-state index contributed by atoms with van der Waals surface area (Å²) in [5.41, 5.74) is -0.498. The monoisotopic (exact) mass is 374 g/mol. The summed E-state index contributed by atoms with van der Waals surface area (Å²) in [6, 6.07) is 10.1. The number of carbonyl (C=O) groups excluding carboxylic acids is 1. The molecular formula is C16H14N4O5S. The lowest BCUT2D eigenvalue weighted by Gasteiger charge is -2.14. The van der Waals surface area contributed by atoms with Crippen molar-refractivity contribution in [2.75, 3.05) is 14.1 Å². The molecule has 0 aliphatic carbocycles. The van der Waals surface area contributed by atoms with E-state index in [-0.39, 0.29) is 27.3 Å². The second-order valence-electron chi connectivity index (χ2n) is 5.68. The van der Waals surface area contributed by atoms with Gasteiger partial charge in [0.1, 0.15) is 11.9 Å². The SMILES string of the molecule is CN(C)C(=O)c1cc2cc([N+](=O)[O-])cnc2n1S(=O)(=O)c1ccccc1. The van der Waals surface area contributed by atoms with Crippen LogP contribution in [0.3, 0.4) is 0 Å². The normalized spacial score (nSPS) is 11.5. The smallest absolute Gasteiger partial charge is 0.288 e. The molecule has 0 spiro atoms. The fourth-order valence-corrected chi connectivity index (χ4v) is 3.96. The number of amides is 1. The Hall–Kier alpha value is -3.27. The number of carbonyl (C=O) groups is 1. The molecular weight excluding hydrogens is 360 g/mol. The van der Waals surface area contributed by atoms with Crippen LogP contribution in [0.2, 0.25) is 0 Å². The topological polar surface area (TPSA) is 115 Å². The van der Waals surface area contributed by atoms with Gasteiger partial charge in [-0.3, -0.25) is 14.9 Å². The Kier molecular flexibility index (Phi) is 4.20. The highest BCUT2D eigenvalue weighted by Gasteiger charge is 2.28. The lowest BCUT2D eigenvalue weighted by molar-refractivity contribution is -0.385. The van der Waals surface area contributed by atoms with Crippen molar-refractivity contribution in [2.24, 2.45) is 0 Å². The van der Waals surface area contributed by atoms with Crippen molar-refractivity contribution in [3.8, 4) is 0 Å². The van der Waals surface area contributed by atoms with Crippen LogP contribution in [0, 0.1) is 10.1 Å². The average Bonchev–Trinajstić information content (AvgIpc) is 3.00. The maximum absolute atomic E-state index is 13.1. The molecule has 0 bridgehead atoms. The fraction of sp³-hybridized carbons (Fsp3) is 0.125. The van der Waals surface area contributed by atoms with Gasteiger partial charge in [0.2, 0.25) is 0 Å². The van der Waals surface area contributed by atoms with Gasteiger partial charge in [-0.25, -0.2) is 17.4 Å². The molecule has 2 heterocycles. The molecule has 0 radical (unpaired) electrons. The van der Waals surface area contributed by atoms with E-state index in [0.717, 1.165) is 10.2 Å². The zero-order chi connectivity index (χ0) is 19.1. The van der Waals surface area contributed by atoms with Gasteiger partial charge in [0.05, 0.1) is 9.82 Å². The van der Waals surface area contributed by atoms with Gasteiger partial charge in [-0.15, -0.1) is 0 Å². The molecule has 0 atom stereocenters. The van der Waals surface area contributed by atoms with E-state index in [1.165, 1.54) is 43.3 Å². The van der Waals surface area contributed by atoms with Gasteiger partial charge in [0.25, 0.3) is 21.6 Å². The summed E-state index contributed by atoms with van der Waals surface area (Å²) in [4.78, 5) is 28.0. The first-order valence-corrected chi connectivity index (χ1v) is 8.85. The van der Waals surface area contributed by atoms with Crippen LogP contribution in [-0.2, 0) is 10.0 Å². The Morgan fingerprint density at radius 2 is 1.85 bits per heavy atom. The average molecular weight is 374 g/mol. The first-order chi connectivity index (χ1) is 12.2. The van der Waals surface area contributed by atoms with E-state index in [4.69, 9.17) is 0 Å². The van der Waals surface area contributed by atoms with Gasteiger partial charge >= 0.3 is 0 Å². The second-order valence-corrected chi connectivity index (χ2v) is 7.46. The summed E-state index contributed by atoms with van der Waals surface area (Å²) in [5, 5.41) is 11.1. The molecule has 134 valence electrons. The molecule has 26 heavy (non-hydrogen) atoms. The highest BCUT2D eigenvalue weighted by molar-refractivity contribution is 7.90. The van der Waals surface area contributed by atoms with Crippen molar-refractivity contribution in [2.45, 2.75) is 4.90 Å². The highest BCUT2D eigenvalue weighted by Crippen LogP contribution is 2.27. The third kappa shape index (κ3) is 2.80. The van der Waals surface area contributed by atoms with E-state index in [1.807, 2.05) is 0 Å². The second kappa shape index (κ2) is 6.23. The van der Waals surface area contributed by atoms with Crippen molar-refractivity contribution < 1.29 is 18.1 Å². The zero-order valence-electron chi connectivity index (χ0n) is 13.9. The standard InChI is InChI=1S/C16H14N4O5S/c1-18(2)16(21)14-9-11-8-12(20(22)23)10-17-15(11)19(14)26(24,25)13-6-4-3-5-7-13/h3-10H,1-2H3. The number of pyridine rings is 1. The van der Waals surface area contributed by atoms with Crippen molar-refractivity contribution in [1.29, 1.82) is 0 Å². The van der Waals surface area contributed by atoms with Crippen LogP contribution in [-0.4, -0.2) is 47.2 Å². The molecule has 0 saturated heterocycles. The summed E-state index contributed by atoms with van der Waals surface area (Å²) in [6.07, 6.45) is 0.962. The van der Waals surface area contributed by atoms with Crippen LogP contribution in [0.1, 0.15) is 10.5 Å². The van der Waals surface area contributed by atoms with Gasteiger partial charge in [-0.2, -0.15) is 0 Å². The van der Waals surface area contributed by atoms with E-state index in [0.29, 0.717) is 0 Å². The third-order valence-electron chi connectivity index (χ3n) is 3.70. The van der Waals surface area contributed by atoms with Crippen LogP contribution < -0.4 is 0 Å². The van der Waals surface area contributed by atoms with E-state index in [1.54, 1.807) is 18.2 Å². The Morgan fingerprint density at radius 3 is 2.42 bits per heavy atom. The van der Waals surface area contributed by atoms with Crippen LogP contribution in [0.15, 0.2) is 53.6 Å². The molecule has 3 rings (SSSR count). The number of fused-ring (bicyclic) bond motifs is 1. The molecule has 0 unspecified atom stereocenters. The summed E-state index contributed by atoms with van der Waals surface area (Å²) < 4.78 is 27.0. The summed E-state index contributed by atoms with van der Waals surface area (Å²) in [6.45, 7) is 0. The predicted octanol–water partition coefficient (Wildman–Crippen LogP) is 1.88. The maximum atomic E-state index is 13.1. The molecule has 0 aliphatic heterocycles. The number of aromatic nitrogens is 2. The van der Waals surface area contributed by atoms with Gasteiger partial charge in [0, 0.05) is 25.5 Å². The lowest BCUT2D eigenvalue weighted by Crippen LogP contribution is -2.27. The van der Waals surface area contributed by atoms with Gasteiger partial charge < -0.3 is 4.90 Å². The van der Waals surface area contributed by atoms with Crippen LogP contribution in [0.5, 0.6) is 0 Å². The van der Waals surface area contributed by atoms with Gasteiger partial charge in [0.15, 0.2) is 5.65 Å². The molecule has 0 saturated carbocycles. The molecule has 0 fully saturated rings. The minimum Gasteiger partial charge on any atom is -0.343 e. The Labute approximate surface area is 148 Å².